The second kappa shape index (κ2) is 12.8. The smallest absolute Gasteiger partial charge is 0.369 e. The zero-order valence-electron chi connectivity index (χ0n) is 19.0. The maximum Gasteiger partial charge on any atom is 0.369 e. The highest BCUT2D eigenvalue weighted by atomic mass is 79.9. The number of halogens is 5. The molecule has 1 N–H and O–H groups in total. The fourth-order valence-corrected chi connectivity index (χ4v) is 4.28. The minimum absolute atomic E-state index is 0.149. The van der Waals surface area contributed by atoms with Gasteiger partial charge in [0.2, 0.25) is 0 Å². The van der Waals surface area contributed by atoms with Crippen LogP contribution in [0.5, 0.6) is 11.5 Å². The van der Waals surface area contributed by atoms with E-state index >= 15 is 0 Å². The first-order chi connectivity index (χ1) is 17.8. The lowest BCUT2D eigenvalue weighted by Crippen LogP contribution is -1.92. The lowest BCUT2D eigenvalue weighted by atomic mass is 10.2. The highest BCUT2D eigenvalue weighted by Gasteiger charge is 2.10. The Morgan fingerprint density at radius 2 is 0.973 bits per heavy atom. The molecule has 0 amide bonds. The first kappa shape index (κ1) is 28.2. The maximum absolute atomic E-state index is 9.73. The molecule has 37 heavy (non-hydrogen) atoms. The first-order valence-electron chi connectivity index (χ1n) is 10.6. The summed E-state index contributed by atoms with van der Waals surface area (Å²) in [4.78, 5) is 18.1. The molecule has 4 aromatic carbocycles. The fourth-order valence-electron chi connectivity index (χ4n) is 3.46. The summed E-state index contributed by atoms with van der Waals surface area (Å²) in [5, 5.41) is 9.73. The quantitative estimate of drug-likeness (QED) is 0.132. The number of phenolic OH excluding ortho intramolecular Hbond substituents is 1. The monoisotopic (exact) mass is 810 g/mol. The molecule has 2 aromatic heterocycles. The molecule has 0 saturated carbocycles. The van der Waals surface area contributed by atoms with Gasteiger partial charge < -0.3 is 9.84 Å². The van der Waals surface area contributed by atoms with Gasteiger partial charge in [-0.1, -0.05) is 24.3 Å². The van der Waals surface area contributed by atoms with Gasteiger partial charge in [-0.2, -0.15) is 0 Å². The minimum atomic E-state index is 0.149. The summed E-state index contributed by atoms with van der Waals surface area (Å²) < 4.78 is 7.33. The van der Waals surface area contributed by atoms with E-state index in [1.165, 1.54) is 0 Å². The Morgan fingerprint density at radius 3 is 1.43 bits per heavy atom. The normalized spacial score (nSPS) is 10.5. The predicted octanol–water partition coefficient (Wildman–Crippen LogP) is 8.96. The number of aromatic nitrogens is 4. The van der Waals surface area contributed by atoms with Crippen molar-refractivity contribution in [1.29, 1.82) is 0 Å². The summed E-state index contributed by atoms with van der Waals surface area (Å²) in [5.74, 6) is 0.887. The number of hydrogen-bond acceptors (Lipinski definition) is 6. The summed E-state index contributed by atoms with van der Waals surface area (Å²) in [6, 6.07) is 22.6. The van der Waals surface area contributed by atoms with Gasteiger partial charge in [-0.3, -0.25) is 0 Å². The van der Waals surface area contributed by atoms with Crippen LogP contribution in [0.15, 0.2) is 81.7 Å². The van der Waals surface area contributed by atoms with Crippen LogP contribution < -0.4 is 4.74 Å². The third-order valence-electron chi connectivity index (χ3n) is 5.06. The van der Waals surface area contributed by atoms with Crippen LogP contribution in [0.3, 0.4) is 0 Å². The minimum Gasteiger partial charge on any atom is -0.506 e. The Balaban J connectivity index is 0.000000152. The number of rotatable bonds is 1. The van der Waals surface area contributed by atoms with Crippen LogP contribution in [-0.4, -0.2) is 35.3 Å². The third kappa shape index (κ3) is 6.78. The zero-order valence-corrected chi connectivity index (χ0v) is 27.0. The number of fused-ring (bicyclic) bond motifs is 4. The van der Waals surface area contributed by atoms with Crippen LogP contribution >= 0.6 is 79.1 Å². The van der Waals surface area contributed by atoms with Crippen LogP contribution in [0.4, 0.5) is 0 Å². The number of hydrogen-bond donors (Lipinski definition) is 1. The lowest BCUT2D eigenvalue weighted by Gasteiger charge is -2.06. The lowest BCUT2D eigenvalue weighted by molar-refractivity contribution is 0.419. The van der Waals surface area contributed by atoms with Crippen LogP contribution in [0.1, 0.15) is 0 Å². The Hall–Kier alpha value is -1.86. The van der Waals surface area contributed by atoms with Crippen molar-refractivity contribution in [2.75, 3.05) is 7.11 Å². The SMILES string of the molecule is BrB(Br)Br.COc1ccc(Br)c2nc3ccccc3nc12.Oc1ccc(Br)c2nc3ccccc3nc12. The average molecular weight is 815 g/mol. The summed E-state index contributed by atoms with van der Waals surface area (Å²) in [5.41, 5.74) is 6.16. The van der Waals surface area contributed by atoms with E-state index in [1.807, 2.05) is 60.7 Å². The number of methoxy groups -OCH3 is 1. The molecule has 0 saturated heterocycles. The molecule has 0 aliphatic rings. The van der Waals surface area contributed by atoms with Gasteiger partial charge in [0, 0.05) is 8.95 Å². The van der Waals surface area contributed by atoms with Crippen molar-refractivity contribution in [3.63, 3.8) is 0 Å². The molecule has 0 fully saturated rings. The standard InChI is InChI=1S/C13H9BrN2O.C12H7BrN2O.BBr3/c1-17-11-7-6-8(14)12-13(11)16-10-5-3-2-4-9(10)15-12;13-7-5-6-10(16)12-11(7)14-8-3-1-2-4-9(8)15-12;2-1(3)4/h2-7H,1H3;1-6,16H;. The summed E-state index contributed by atoms with van der Waals surface area (Å²) in [7, 11) is 1.64. The largest absolute Gasteiger partial charge is 0.506 e. The molecule has 12 heteroatoms. The molecule has 186 valence electrons. The van der Waals surface area contributed by atoms with Crippen molar-refractivity contribution in [2.45, 2.75) is 0 Å². The van der Waals surface area contributed by atoms with E-state index in [0.717, 1.165) is 47.8 Å². The summed E-state index contributed by atoms with van der Waals surface area (Å²) >= 11 is 16.2. The topological polar surface area (TPSA) is 81.0 Å². The Morgan fingerprint density at radius 1 is 0.595 bits per heavy atom. The molecular weight excluding hydrogens is 799 g/mol. The molecule has 2 heterocycles. The highest BCUT2D eigenvalue weighted by molar-refractivity contribution is 9.69. The van der Waals surface area contributed by atoms with Gasteiger partial charge in [-0.15, -0.1) is 47.3 Å². The molecular formula is C25H16BBr5N4O2. The van der Waals surface area contributed by atoms with E-state index in [0.29, 0.717) is 11.0 Å². The van der Waals surface area contributed by atoms with Crippen molar-refractivity contribution in [1.82, 2.24) is 19.9 Å². The van der Waals surface area contributed by atoms with Crippen LogP contribution in [0, 0.1) is 0 Å². The molecule has 6 aromatic rings. The first-order valence-corrected chi connectivity index (χ1v) is 15.0. The van der Waals surface area contributed by atoms with Crippen molar-refractivity contribution < 1.29 is 9.84 Å². The van der Waals surface area contributed by atoms with Gasteiger partial charge in [0.25, 0.3) is 0 Å². The van der Waals surface area contributed by atoms with Gasteiger partial charge >= 0.3 is 3.18 Å². The second-order valence-corrected chi connectivity index (χ2v) is 15.5. The van der Waals surface area contributed by atoms with Crippen LogP contribution in [0.2, 0.25) is 0 Å². The Bertz CT molecular complexity index is 1660. The van der Waals surface area contributed by atoms with E-state index in [2.05, 4.69) is 99.1 Å². The molecule has 0 atom stereocenters. The van der Waals surface area contributed by atoms with Crippen molar-refractivity contribution in [3.05, 3.63) is 81.7 Å². The second-order valence-electron chi connectivity index (χ2n) is 7.38. The molecule has 6 nitrogen and oxygen atoms in total. The predicted molar refractivity (Wildman–Crippen MR) is 170 cm³/mol. The number of phenols is 1. The number of para-hydroxylation sites is 4. The van der Waals surface area contributed by atoms with Crippen molar-refractivity contribution in [3.8, 4) is 11.5 Å². The van der Waals surface area contributed by atoms with Crippen LogP contribution in [0.25, 0.3) is 44.1 Å². The van der Waals surface area contributed by atoms with Crippen molar-refractivity contribution in [2.24, 2.45) is 0 Å². The van der Waals surface area contributed by atoms with Gasteiger partial charge in [0.15, 0.2) is 0 Å². The molecule has 0 unspecified atom stereocenters. The zero-order chi connectivity index (χ0) is 26.5. The molecule has 0 radical (unpaired) electrons. The van der Waals surface area contributed by atoms with Gasteiger partial charge in [0.05, 0.1) is 29.2 Å². The van der Waals surface area contributed by atoms with E-state index in [1.54, 1.807) is 19.2 Å². The molecule has 0 spiro atoms. The number of benzene rings is 4. The number of aromatic hydroxyl groups is 1. The van der Waals surface area contributed by atoms with E-state index in [9.17, 15) is 5.11 Å². The van der Waals surface area contributed by atoms with Crippen LogP contribution in [-0.2, 0) is 0 Å². The summed E-state index contributed by atoms with van der Waals surface area (Å²) in [6.07, 6.45) is 0. The average Bonchev–Trinajstić information content (AvgIpc) is 2.89. The van der Waals surface area contributed by atoms with E-state index < -0.39 is 0 Å². The van der Waals surface area contributed by atoms with Gasteiger partial charge in [-0.25, -0.2) is 19.9 Å². The molecule has 0 bridgehead atoms. The fraction of sp³-hybridized carbons (Fsp3) is 0.0400. The third-order valence-corrected chi connectivity index (χ3v) is 6.34. The molecule has 0 aliphatic heterocycles. The van der Waals surface area contributed by atoms with E-state index in [-0.39, 0.29) is 8.93 Å². The summed E-state index contributed by atoms with van der Waals surface area (Å²) in [6.45, 7) is 0. The maximum atomic E-state index is 9.73. The number of nitrogens with zero attached hydrogens (tertiary/aromatic N) is 4. The number of ether oxygens (including phenoxy) is 1. The molecule has 0 aliphatic carbocycles. The van der Waals surface area contributed by atoms with Gasteiger partial charge in [-0.05, 0) is 80.4 Å². The Labute approximate surface area is 254 Å². The Kier molecular flexibility index (Phi) is 9.74. The molecule has 6 rings (SSSR count). The highest BCUT2D eigenvalue weighted by Crippen LogP contribution is 2.31. The van der Waals surface area contributed by atoms with Crippen molar-refractivity contribution >= 4 is 126 Å². The van der Waals surface area contributed by atoms with E-state index in [4.69, 9.17) is 4.74 Å². The van der Waals surface area contributed by atoms with Gasteiger partial charge in [0.1, 0.15) is 33.6 Å².